The SMILES string of the molecule is CCOC(=O)c1ccc(NC(=O)c2cc(C)nc(N3CCCC(C)C3)n2)cc1. The molecule has 7 heteroatoms. The number of nitrogens with zero attached hydrogens (tertiary/aromatic N) is 3. The summed E-state index contributed by atoms with van der Waals surface area (Å²) < 4.78 is 4.96. The molecule has 1 aromatic carbocycles. The number of carbonyl (C=O) groups is 2. The molecular weight excluding hydrogens is 356 g/mol. The van der Waals surface area contributed by atoms with Gasteiger partial charge in [-0.25, -0.2) is 14.8 Å². The number of carbonyl (C=O) groups excluding carboxylic acids is 2. The average molecular weight is 382 g/mol. The zero-order valence-corrected chi connectivity index (χ0v) is 16.6. The number of anilines is 2. The van der Waals surface area contributed by atoms with Crippen LogP contribution in [-0.2, 0) is 4.74 Å². The molecule has 0 spiro atoms. The highest BCUT2D eigenvalue weighted by Gasteiger charge is 2.20. The lowest BCUT2D eigenvalue weighted by Crippen LogP contribution is -2.36. The van der Waals surface area contributed by atoms with Crippen LogP contribution in [0.4, 0.5) is 11.6 Å². The number of hydrogen-bond acceptors (Lipinski definition) is 6. The molecule has 1 aliphatic rings. The van der Waals surface area contributed by atoms with Crippen molar-refractivity contribution in [2.75, 3.05) is 29.9 Å². The quantitative estimate of drug-likeness (QED) is 0.798. The van der Waals surface area contributed by atoms with Gasteiger partial charge >= 0.3 is 5.97 Å². The van der Waals surface area contributed by atoms with Crippen LogP contribution in [0.1, 0.15) is 53.2 Å². The van der Waals surface area contributed by atoms with Crippen molar-refractivity contribution in [2.24, 2.45) is 5.92 Å². The van der Waals surface area contributed by atoms with Gasteiger partial charge in [0.2, 0.25) is 5.95 Å². The number of ether oxygens (including phenoxy) is 1. The number of aryl methyl sites for hydroxylation is 1. The van der Waals surface area contributed by atoms with Gasteiger partial charge in [0.1, 0.15) is 5.69 Å². The number of aromatic nitrogens is 2. The Hall–Kier alpha value is -2.96. The Kier molecular flexibility index (Phi) is 6.23. The molecule has 1 atom stereocenters. The maximum atomic E-state index is 12.7. The molecule has 1 fully saturated rings. The first kappa shape index (κ1) is 19.8. The molecule has 2 aromatic rings. The monoisotopic (exact) mass is 382 g/mol. The van der Waals surface area contributed by atoms with E-state index in [0.717, 1.165) is 25.2 Å². The molecule has 0 aliphatic carbocycles. The first-order valence-electron chi connectivity index (χ1n) is 9.65. The van der Waals surface area contributed by atoms with Crippen LogP contribution in [0.15, 0.2) is 30.3 Å². The lowest BCUT2D eigenvalue weighted by Gasteiger charge is -2.31. The van der Waals surface area contributed by atoms with Gasteiger partial charge < -0.3 is 15.0 Å². The van der Waals surface area contributed by atoms with E-state index in [4.69, 9.17) is 4.74 Å². The Morgan fingerprint density at radius 2 is 2.00 bits per heavy atom. The van der Waals surface area contributed by atoms with Crippen molar-refractivity contribution in [2.45, 2.75) is 33.6 Å². The zero-order valence-electron chi connectivity index (χ0n) is 16.6. The van der Waals surface area contributed by atoms with E-state index in [2.05, 4.69) is 27.1 Å². The predicted molar refractivity (Wildman–Crippen MR) is 108 cm³/mol. The Bertz CT molecular complexity index is 851. The summed E-state index contributed by atoms with van der Waals surface area (Å²) in [5, 5.41) is 2.82. The Labute approximate surface area is 165 Å². The summed E-state index contributed by atoms with van der Waals surface area (Å²) in [5.74, 6) is 0.510. The van der Waals surface area contributed by atoms with Gasteiger partial charge in [-0.1, -0.05) is 6.92 Å². The highest BCUT2D eigenvalue weighted by molar-refractivity contribution is 6.03. The van der Waals surface area contributed by atoms with Crippen molar-refractivity contribution in [3.8, 4) is 0 Å². The smallest absolute Gasteiger partial charge is 0.338 e. The second-order valence-electron chi connectivity index (χ2n) is 7.14. The van der Waals surface area contributed by atoms with Gasteiger partial charge in [0.15, 0.2) is 0 Å². The van der Waals surface area contributed by atoms with E-state index in [1.807, 2.05) is 6.92 Å². The zero-order chi connectivity index (χ0) is 20.1. The Balaban J connectivity index is 1.72. The van der Waals surface area contributed by atoms with Gasteiger partial charge in [0, 0.05) is 24.5 Å². The minimum absolute atomic E-state index is 0.305. The summed E-state index contributed by atoms with van der Waals surface area (Å²) in [6, 6.07) is 8.27. The second kappa shape index (κ2) is 8.82. The molecular formula is C21H26N4O3. The summed E-state index contributed by atoms with van der Waals surface area (Å²) in [6.07, 6.45) is 2.31. The van der Waals surface area contributed by atoms with Crippen LogP contribution in [0.2, 0.25) is 0 Å². The van der Waals surface area contributed by atoms with E-state index >= 15 is 0 Å². The van der Waals surface area contributed by atoms with Crippen molar-refractivity contribution >= 4 is 23.5 Å². The first-order chi connectivity index (χ1) is 13.5. The predicted octanol–water partition coefficient (Wildman–Crippen LogP) is 3.45. The first-order valence-corrected chi connectivity index (χ1v) is 9.65. The molecule has 1 aliphatic heterocycles. The highest BCUT2D eigenvalue weighted by atomic mass is 16.5. The average Bonchev–Trinajstić information content (AvgIpc) is 2.68. The van der Waals surface area contributed by atoms with Gasteiger partial charge in [-0.3, -0.25) is 4.79 Å². The lowest BCUT2D eigenvalue weighted by atomic mass is 10.0. The van der Waals surface area contributed by atoms with Crippen molar-refractivity contribution in [3.05, 3.63) is 47.3 Å². The minimum atomic E-state index is -0.382. The second-order valence-corrected chi connectivity index (χ2v) is 7.14. The number of nitrogens with one attached hydrogen (secondary N) is 1. The van der Waals surface area contributed by atoms with Gasteiger partial charge in [-0.15, -0.1) is 0 Å². The molecule has 148 valence electrons. The summed E-state index contributed by atoms with van der Waals surface area (Å²) in [7, 11) is 0. The van der Waals surface area contributed by atoms with E-state index in [1.54, 1.807) is 37.3 Å². The van der Waals surface area contributed by atoms with Crippen molar-refractivity contribution in [1.29, 1.82) is 0 Å². The van der Waals surface area contributed by atoms with Gasteiger partial charge in [0.05, 0.1) is 12.2 Å². The molecule has 1 saturated heterocycles. The number of benzene rings is 1. The minimum Gasteiger partial charge on any atom is -0.462 e. The maximum Gasteiger partial charge on any atom is 0.338 e. The van der Waals surface area contributed by atoms with Crippen LogP contribution in [-0.4, -0.2) is 41.5 Å². The van der Waals surface area contributed by atoms with Gasteiger partial charge in [-0.05, 0) is 62.9 Å². The fraction of sp³-hybridized carbons (Fsp3) is 0.429. The maximum absolute atomic E-state index is 12.7. The molecule has 0 radical (unpaired) electrons. The van der Waals surface area contributed by atoms with E-state index < -0.39 is 0 Å². The number of piperidine rings is 1. The van der Waals surface area contributed by atoms with Crippen molar-refractivity contribution in [3.63, 3.8) is 0 Å². The third-order valence-electron chi connectivity index (χ3n) is 4.67. The number of amides is 1. The van der Waals surface area contributed by atoms with E-state index in [9.17, 15) is 9.59 Å². The van der Waals surface area contributed by atoms with Gasteiger partial charge in [-0.2, -0.15) is 0 Å². The van der Waals surface area contributed by atoms with Crippen LogP contribution < -0.4 is 10.2 Å². The Morgan fingerprint density at radius 3 is 2.68 bits per heavy atom. The molecule has 1 unspecified atom stereocenters. The molecule has 28 heavy (non-hydrogen) atoms. The highest BCUT2D eigenvalue weighted by Crippen LogP contribution is 2.21. The fourth-order valence-electron chi connectivity index (χ4n) is 3.28. The van der Waals surface area contributed by atoms with Crippen molar-refractivity contribution in [1.82, 2.24) is 9.97 Å². The summed E-state index contributed by atoms with van der Waals surface area (Å²) in [4.78, 5) is 35.5. The molecule has 1 N–H and O–H groups in total. The molecule has 3 rings (SSSR count). The number of rotatable bonds is 5. The molecule has 1 amide bonds. The van der Waals surface area contributed by atoms with E-state index in [1.165, 1.54) is 6.42 Å². The third kappa shape index (κ3) is 4.85. The Morgan fingerprint density at radius 1 is 1.25 bits per heavy atom. The summed E-state index contributed by atoms with van der Waals surface area (Å²) in [5.41, 5.74) is 2.11. The lowest BCUT2D eigenvalue weighted by molar-refractivity contribution is 0.0526. The topological polar surface area (TPSA) is 84.4 Å². The van der Waals surface area contributed by atoms with Crippen molar-refractivity contribution < 1.29 is 14.3 Å². The number of hydrogen-bond donors (Lipinski definition) is 1. The van der Waals surface area contributed by atoms with Crippen LogP contribution in [0.5, 0.6) is 0 Å². The van der Waals surface area contributed by atoms with Crippen LogP contribution in [0.25, 0.3) is 0 Å². The fourth-order valence-corrected chi connectivity index (χ4v) is 3.28. The largest absolute Gasteiger partial charge is 0.462 e. The molecule has 1 aromatic heterocycles. The van der Waals surface area contributed by atoms with Crippen LogP contribution in [0, 0.1) is 12.8 Å². The van der Waals surface area contributed by atoms with Crippen LogP contribution >= 0.6 is 0 Å². The van der Waals surface area contributed by atoms with Gasteiger partial charge in [0.25, 0.3) is 5.91 Å². The molecule has 0 bridgehead atoms. The van der Waals surface area contributed by atoms with E-state index in [0.29, 0.717) is 35.4 Å². The third-order valence-corrected chi connectivity index (χ3v) is 4.67. The molecule has 7 nitrogen and oxygen atoms in total. The normalized spacial score (nSPS) is 16.5. The standard InChI is InChI=1S/C21H26N4O3/c1-4-28-20(27)16-7-9-17(10-8-16)23-19(26)18-12-15(3)22-21(24-18)25-11-5-6-14(2)13-25/h7-10,12,14H,4-6,11,13H2,1-3H3,(H,23,26). The van der Waals surface area contributed by atoms with Crippen LogP contribution in [0.3, 0.4) is 0 Å². The summed E-state index contributed by atoms with van der Waals surface area (Å²) >= 11 is 0. The molecule has 2 heterocycles. The molecule has 0 saturated carbocycles. The van der Waals surface area contributed by atoms with E-state index in [-0.39, 0.29) is 11.9 Å². The summed E-state index contributed by atoms with van der Waals surface area (Å²) in [6.45, 7) is 7.97. The number of esters is 1.